The van der Waals surface area contributed by atoms with E-state index in [2.05, 4.69) is 50.8 Å². The van der Waals surface area contributed by atoms with Crippen LogP contribution in [0.4, 0.5) is 5.69 Å². The second kappa shape index (κ2) is 6.42. The summed E-state index contributed by atoms with van der Waals surface area (Å²) in [7, 11) is 0. The standard InChI is InChI=1S/C14H12IN3/c15-13-7-3-1-5-11(13)9-10-12-6-2-4-8-14(12)17-18-16/h1-8H,9-10H2. The normalized spacial score (nSPS) is 9.83. The molecule has 0 N–H and O–H groups in total. The number of aryl methyl sites for hydroxylation is 2. The smallest absolute Gasteiger partial charge is 0.0407 e. The summed E-state index contributed by atoms with van der Waals surface area (Å²) < 4.78 is 1.27. The van der Waals surface area contributed by atoms with E-state index in [1.807, 2.05) is 30.3 Å². The molecule has 2 aromatic carbocycles. The average Bonchev–Trinajstić information content (AvgIpc) is 2.40. The zero-order valence-electron chi connectivity index (χ0n) is 9.75. The fourth-order valence-corrected chi connectivity index (χ4v) is 2.50. The summed E-state index contributed by atoms with van der Waals surface area (Å²) in [5.41, 5.74) is 11.7. The van der Waals surface area contributed by atoms with Crippen LogP contribution in [0, 0.1) is 3.57 Å². The van der Waals surface area contributed by atoms with E-state index in [1.165, 1.54) is 9.13 Å². The van der Waals surface area contributed by atoms with Gasteiger partial charge in [-0.1, -0.05) is 47.6 Å². The summed E-state index contributed by atoms with van der Waals surface area (Å²) in [5.74, 6) is 0. The molecule has 0 radical (unpaired) electrons. The Bertz CT molecular complexity index is 589. The van der Waals surface area contributed by atoms with Gasteiger partial charge in [0.05, 0.1) is 0 Å². The number of benzene rings is 2. The van der Waals surface area contributed by atoms with Gasteiger partial charge in [-0.3, -0.25) is 0 Å². The lowest BCUT2D eigenvalue weighted by atomic mass is 10.0. The summed E-state index contributed by atoms with van der Waals surface area (Å²) in [6.07, 6.45) is 1.84. The van der Waals surface area contributed by atoms with Crippen LogP contribution in [0.5, 0.6) is 0 Å². The molecule has 0 aliphatic rings. The van der Waals surface area contributed by atoms with Gasteiger partial charge in [-0.25, -0.2) is 0 Å². The van der Waals surface area contributed by atoms with E-state index in [1.54, 1.807) is 0 Å². The molecule has 0 aliphatic heterocycles. The maximum Gasteiger partial charge on any atom is 0.0407 e. The van der Waals surface area contributed by atoms with E-state index >= 15 is 0 Å². The molecular weight excluding hydrogens is 337 g/mol. The third kappa shape index (κ3) is 3.24. The quantitative estimate of drug-likeness (QED) is 0.322. The number of nitrogens with zero attached hydrogens (tertiary/aromatic N) is 3. The average molecular weight is 349 g/mol. The Morgan fingerprint density at radius 3 is 2.28 bits per heavy atom. The molecule has 0 heterocycles. The molecule has 0 aromatic heterocycles. The maximum absolute atomic E-state index is 8.53. The van der Waals surface area contributed by atoms with Crippen molar-refractivity contribution in [3.05, 3.63) is 73.7 Å². The molecule has 3 nitrogen and oxygen atoms in total. The lowest BCUT2D eigenvalue weighted by Gasteiger charge is -2.06. The third-order valence-electron chi connectivity index (χ3n) is 2.77. The SMILES string of the molecule is [N-]=[N+]=Nc1ccccc1CCc1ccccc1I. The number of azide groups is 1. The first-order chi connectivity index (χ1) is 8.81. The van der Waals surface area contributed by atoms with Gasteiger partial charge in [-0.2, -0.15) is 0 Å². The van der Waals surface area contributed by atoms with E-state index in [-0.39, 0.29) is 0 Å². The highest BCUT2D eigenvalue weighted by Crippen LogP contribution is 2.22. The van der Waals surface area contributed by atoms with Crippen molar-refractivity contribution in [3.8, 4) is 0 Å². The van der Waals surface area contributed by atoms with Crippen molar-refractivity contribution in [3.63, 3.8) is 0 Å². The summed E-state index contributed by atoms with van der Waals surface area (Å²) in [6, 6.07) is 16.1. The molecule has 0 atom stereocenters. The third-order valence-corrected chi connectivity index (χ3v) is 3.82. The van der Waals surface area contributed by atoms with Gasteiger partial charge in [0.25, 0.3) is 0 Å². The Morgan fingerprint density at radius 2 is 1.56 bits per heavy atom. The Kier molecular flexibility index (Phi) is 4.61. The number of rotatable bonds is 4. The zero-order valence-corrected chi connectivity index (χ0v) is 11.9. The molecule has 0 saturated heterocycles. The Hall–Kier alpha value is -1.52. The predicted octanol–water partition coefficient (Wildman–Crippen LogP) is 5.02. The van der Waals surface area contributed by atoms with E-state index in [4.69, 9.17) is 5.53 Å². The molecule has 18 heavy (non-hydrogen) atoms. The maximum atomic E-state index is 8.53. The van der Waals surface area contributed by atoms with Crippen molar-refractivity contribution < 1.29 is 0 Å². The van der Waals surface area contributed by atoms with Crippen LogP contribution < -0.4 is 0 Å². The van der Waals surface area contributed by atoms with Gasteiger partial charge < -0.3 is 0 Å². The van der Waals surface area contributed by atoms with Gasteiger partial charge in [0.2, 0.25) is 0 Å². The van der Waals surface area contributed by atoms with Gasteiger partial charge in [0.15, 0.2) is 0 Å². The summed E-state index contributed by atoms with van der Waals surface area (Å²) in [6.45, 7) is 0. The van der Waals surface area contributed by atoms with Crippen LogP contribution in [-0.2, 0) is 12.8 Å². The molecule has 0 unspecified atom stereocenters. The van der Waals surface area contributed by atoms with Crippen LogP contribution in [0.1, 0.15) is 11.1 Å². The largest absolute Gasteiger partial charge is 0.0620 e. The van der Waals surface area contributed by atoms with E-state index in [0.29, 0.717) is 0 Å². The first kappa shape index (κ1) is 12.9. The molecule has 0 bridgehead atoms. The molecule has 0 fully saturated rings. The number of halogens is 1. The molecule has 4 heteroatoms. The molecule has 0 spiro atoms. The molecule has 2 aromatic rings. The van der Waals surface area contributed by atoms with E-state index < -0.39 is 0 Å². The molecule has 90 valence electrons. The molecule has 0 aliphatic carbocycles. The van der Waals surface area contributed by atoms with Crippen LogP contribution >= 0.6 is 22.6 Å². The van der Waals surface area contributed by atoms with Crippen molar-refractivity contribution in [2.24, 2.45) is 5.11 Å². The molecule has 0 saturated carbocycles. The minimum Gasteiger partial charge on any atom is -0.0620 e. The highest BCUT2D eigenvalue weighted by atomic mass is 127. The highest BCUT2D eigenvalue weighted by molar-refractivity contribution is 14.1. The van der Waals surface area contributed by atoms with Gasteiger partial charge >= 0.3 is 0 Å². The molecular formula is C14H12IN3. The van der Waals surface area contributed by atoms with Crippen LogP contribution in [0.25, 0.3) is 10.4 Å². The summed E-state index contributed by atoms with van der Waals surface area (Å²) in [4.78, 5) is 2.86. The number of hydrogen-bond acceptors (Lipinski definition) is 1. The minimum absolute atomic E-state index is 0.728. The van der Waals surface area contributed by atoms with Crippen molar-refractivity contribution in [1.82, 2.24) is 0 Å². The Morgan fingerprint density at radius 1 is 0.944 bits per heavy atom. The van der Waals surface area contributed by atoms with E-state index in [9.17, 15) is 0 Å². The fraction of sp³-hybridized carbons (Fsp3) is 0.143. The van der Waals surface area contributed by atoms with Crippen molar-refractivity contribution in [2.75, 3.05) is 0 Å². The highest BCUT2D eigenvalue weighted by Gasteiger charge is 2.02. The second-order valence-electron chi connectivity index (χ2n) is 3.91. The lowest BCUT2D eigenvalue weighted by Crippen LogP contribution is -1.94. The Balaban J connectivity index is 2.16. The first-order valence-corrected chi connectivity index (χ1v) is 6.75. The van der Waals surface area contributed by atoms with Crippen molar-refractivity contribution in [1.29, 1.82) is 0 Å². The first-order valence-electron chi connectivity index (χ1n) is 5.67. The van der Waals surface area contributed by atoms with Gasteiger partial charge in [0, 0.05) is 14.2 Å². The minimum atomic E-state index is 0.728. The monoisotopic (exact) mass is 349 g/mol. The fourth-order valence-electron chi connectivity index (χ4n) is 1.84. The summed E-state index contributed by atoms with van der Waals surface area (Å²) in [5, 5.41) is 3.72. The van der Waals surface area contributed by atoms with Crippen molar-refractivity contribution >= 4 is 28.3 Å². The lowest BCUT2D eigenvalue weighted by molar-refractivity contribution is 0.953. The van der Waals surface area contributed by atoms with E-state index in [0.717, 1.165) is 24.1 Å². The van der Waals surface area contributed by atoms with Gasteiger partial charge in [-0.15, -0.1) is 0 Å². The van der Waals surface area contributed by atoms with Crippen LogP contribution in [0.2, 0.25) is 0 Å². The Labute approximate surface area is 120 Å². The molecule has 2 rings (SSSR count). The topological polar surface area (TPSA) is 48.8 Å². The zero-order chi connectivity index (χ0) is 12.8. The summed E-state index contributed by atoms with van der Waals surface area (Å²) >= 11 is 2.35. The second-order valence-corrected chi connectivity index (χ2v) is 5.07. The predicted molar refractivity (Wildman–Crippen MR) is 81.8 cm³/mol. The van der Waals surface area contributed by atoms with Gasteiger partial charge in [-0.05, 0) is 58.2 Å². The molecule has 0 amide bonds. The van der Waals surface area contributed by atoms with Crippen LogP contribution in [-0.4, -0.2) is 0 Å². The van der Waals surface area contributed by atoms with Crippen LogP contribution in [0.3, 0.4) is 0 Å². The number of hydrogen-bond donors (Lipinski definition) is 0. The van der Waals surface area contributed by atoms with Crippen LogP contribution in [0.15, 0.2) is 53.6 Å². The van der Waals surface area contributed by atoms with Gasteiger partial charge in [0.1, 0.15) is 0 Å². The van der Waals surface area contributed by atoms with Crippen molar-refractivity contribution in [2.45, 2.75) is 12.8 Å².